The zero-order valence-electron chi connectivity index (χ0n) is 10.9. The van der Waals surface area contributed by atoms with Crippen LogP contribution in [-0.2, 0) is 42.3 Å². The number of hydrogen-bond donors (Lipinski definition) is 0. The molecule has 1 fully saturated rings. The zero-order chi connectivity index (χ0) is 12.0. The summed E-state index contributed by atoms with van der Waals surface area (Å²) in [4.78, 5) is 22.8. The van der Waals surface area contributed by atoms with Gasteiger partial charge >= 0.3 is 0 Å². The van der Waals surface area contributed by atoms with Crippen LogP contribution in [-0.4, -0.2) is 11.6 Å². The Kier molecular flexibility index (Phi) is 9.63. The Hall–Kier alpha value is 0.444. The van der Waals surface area contributed by atoms with E-state index in [9.17, 15) is 9.59 Å². The molecule has 1 aliphatic carbocycles. The van der Waals surface area contributed by atoms with Crippen molar-refractivity contribution >= 4 is 11.6 Å². The molecular weight excluding hydrogens is 289 g/mol. The van der Waals surface area contributed by atoms with Crippen molar-refractivity contribution in [2.24, 2.45) is 11.8 Å². The van der Waals surface area contributed by atoms with Gasteiger partial charge < -0.3 is 11.7 Å². The van der Waals surface area contributed by atoms with E-state index in [-0.39, 0.29) is 38.6 Å². The van der Waals surface area contributed by atoms with Crippen LogP contribution in [0.3, 0.4) is 0 Å². The standard InChI is InChI=1S/C14H23O2.Y/c1-3-13(15)9-8-11-6-5-7-12(10-11)14(16)4-2;/h11-12H,2-10H2,1H3;/q-1;. The van der Waals surface area contributed by atoms with E-state index in [1.54, 1.807) is 0 Å². The van der Waals surface area contributed by atoms with Crippen LogP contribution in [0.5, 0.6) is 0 Å². The summed E-state index contributed by atoms with van der Waals surface area (Å²) in [6.45, 7) is 5.58. The Labute approximate surface area is 130 Å². The topological polar surface area (TPSA) is 34.1 Å². The third-order valence-electron chi connectivity index (χ3n) is 3.71. The van der Waals surface area contributed by atoms with Crippen molar-refractivity contribution in [3.05, 3.63) is 6.92 Å². The molecule has 0 N–H and O–H groups in total. The van der Waals surface area contributed by atoms with E-state index < -0.39 is 0 Å². The molecule has 0 amide bonds. The second-order valence-corrected chi connectivity index (χ2v) is 4.88. The third kappa shape index (κ3) is 6.24. The first kappa shape index (κ1) is 17.4. The van der Waals surface area contributed by atoms with Crippen LogP contribution >= 0.6 is 0 Å². The van der Waals surface area contributed by atoms with Gasteiger partial charge in [-0.15, -0.1) is 6.42 Å². The molecule has 0 spiro atoms. The molecule has 0 bridgehead atoms. The average molecular weight is 312 g/mol. The van der Waals surface area contributed by atoms with Crippen LogP contribution in [0.2, 0.25) is 0 Å². The van der Waals surface area contributed by atoms with Gasteiger partial charge in [0.15, 0.2) is 0 Å². The second-order valence-electron chi connectivity index (χ2n) is 4.88. The zero-order valence-corrected chi connectivity index (χ0v) is 13.8. The first-order valence-electron chi connectivity index (χ1n) is 6.51. The van der Waals surface area contributed by atoms with Crippen LogP contribution < -0.4 is 0 Å². The first-order chi connectivity index (χ1) is 7.67. The number of carbonyl (C=O) groups is 2. The van der Waals surface area contributed by atoms with E-state index >= 15 is 0 Å². The smallest absolute Gasteiger partial charge is 0.132 e. The molecule has 1 saturated carbocycles. The van der Waals surface area contributed by atoms with E-state index in [0.29, 0.717) is 36.7 Å². The molecule has 0 aliphatic heterocycles. The average Bonchev–Trinajstić information content (AvgIpc) is 2.35. The number of carbonyl (C=O) groups excluding carboxylic acids is 2. The van der Waals surface area contributed by atoms with Gasteiger partial charge in [0.2, 0.25) is 0 Å². The number of hydrogen-bond acceptors (Lipinski definition) is 2. The van der Waals surface area contributed by atoms with Gasteiger partial charge in [-0.2, -0.15) is 0 Å². The molecule has 0 aromatic heterocycles. The van der Waals surface area contributed by atoms with Crippen molar-refractivity contribution in [1.29, 1.82) is 0 Å². The predicted octanol–water partition coefficient (Wildman–Crippen LogP) is 3.34. The van der Waals surface area contributed by atoms with Crippen LogP contribution in [0.15, 0.2) is 0 Å². The van der Waals surface area contributed by atoms with Crippen molar-refractivity contribution < 1.29 is 42.3 Å². The molecule has 1 radical (unpaired) electrons. The second kappa shape index (κ2) is 9.38. The van der Waals surface area contributed by atoms with Crippen molar-refractivity contribution in [2.75, 3.05) is 0 Å². The largest absolute Gasteiger partial charge is 0.336 e. The summed E-state index contributed by atoms with van der Waals surface area (Å²) in [6.07, 6.45) is 7.11. The Balaban J connectivity index is 0.00000256. The summed E-state index contributed by atoms with van der Waals surface area (Å²) in [5, 5.41) is 0. The SMILES string of the molecule is [CH2-]CC(=O)C1CCCC(CCC(=O)CC)C1.[Y]. The molecule has 17 heavy (non-hydrogen) atoms. The Bertz CT molecular complexity index is 251. The van der Waals surface area contributed by atoms with E-state index in [1.165, 1.54) is 6.42 Å². The molecule has 2 nitrogen and oxygen atoms in total. The molecular formula is C14H23O2Y-. The van der Waals surface area contributed by atoms with E-state index in [1.807, 2.05) is 6.92 Å². The van der Waals surface area contributed by atoms with Crippen LogP contribution in [0.1, 0.15) is 58.3 Å². The molecule has 3 heteroatoms. The maximum Gasteiger partial charge on any atom is 0.132 e. The van der Waals surface area contributed by atoms with Crippen molar-refractivity contribution in [1.82, 2.24) is 0 Å². The van der Waals surface area contributed by atoms with Gasteiger partial charge in [0.25, 0.3) is 0 Å². The quantitative estimate of drug-likeness (QED) is 0.705. The van der Waals surface area contributed by atoms with E-state index in [2.05, 4.69) is 6.92 Å². The first-order valence-corrected chi connectivity index (χ1v) is 6.51. The third-order valence-corrected chi connectivity index (χ3v) is 3.71. The summed E-state index contributed by atoms with van der Waals surface area (Å²) in [5.41, 5.74) is 0. The Morgan fingerprint density at radius 1 is 1.29 bits per heavy atom. The van der Waals surface area contributed by atoms with Crippen LogP contribution in [0.4, 0.5) is 0 Å². The summed E-state index contributed by atoms with van der Waals surface area (Å²) in [7, 11) is 0. The summed E-state index contributed by atoms with van der Waals surface area (Å²) in [5.74, 6) is 1.48. The Morgan fingerprint density at radius 2 is 2.00 bits per heavy atom. The normalized spacial score (nSPS) is 23.9. The molecule has 2 atom stereocenters. The van der Waals surface area contributed by atoms with Gasteiger partial charge in [0.1, 0.15) is 11.6 Å². The molecule has 0 heterocycles. The van der Waals surface area contributed by atoms with Gasteiger partial charge in [-0.05, 0) is 25.2 Å². The summed E-state index contributed by atoms with van der Waals surface area (Å²) >= 11 is 0. The molecule has 1 aliphatic rings. The minimum atomic E-state index is 0. The number of ketones is 2. The summed E-state index contributed by atoms with van der Waals surface area (Å²) in [6, 6.07) is 0. The minimum Gasteiger partial charge on any atom is -0.336 e. The fraction of sp³-hybridized carbons (Fsp3) is 0.786. The van der Waals surface area contributed by atoms with Crippen molar-refractivity contribution in [3.63, 3.8) is 0 Å². The van der Waals surface area contributed by atoms with Crippen molar-refractivity contribution in [3.8, 4) is 0 Å². The fourth-order valence-electron chi connectivity index (χ4n) is 2.59. The fourth-order valence-corrected chi connectivity index (χ4v) is 2.59. The molecule has 1 rings (SSSR count). The molecule has 95 valence electrons. The molecule has 0 aromatic carbocycles. The van der Waals surface area contributed by atoms with Crippen LogP contribution in [0, 0.1) is 18.8 Å². The van der Waals surface area contributed by atoms with Gasteiger partial charge in [-0.3, -0.25) is 4.79 Å². The molecule has 0 saturated heterocycles. The Morgan fingerprint density at radius 3 is 2.59 bits per heavy atom. The maximum atomic E-state index is 11.6. The number of rotatable bonds is 6. The molecule has 2 unspecified atom stereocenters. The predicted molar refractivity (Wildman–Crippen MR) is 65.0 cm³/mol. The van der Waals surface area contributed by atoms with Crippen LogP contribution in [0.25, 0.3) is 0 Å². The maximum absolute atomic E-state index is 11.6. The minimum absolute atomic E-state index is 0. The summed E-state index contributed by atoms with van der Waals surface area (Å²) < 4.78 is 0. The van der Waals surface area contributed by atoms with Gasteiger partial charge in [0.05, 0.1) is 0 Å². The number of Topliss-reactive ketones (excluding diaryl/α,β-unsaturated/α-hetero) is 2. The monoisotopic (exact) mass is 312 g/mol. The molecule has 0 aromatic rings. The van der Waals surface area contributed by atoms with E-state index in [4.69, 9.17) is 0 Å². The van der Waals surface area contributed by atoms with Gasteiger partial charge in [0, 0.05) is 51.5 Å². The van der Waals surface area contributed by atoms with Crippen molar-refractivity contribution in [2.45, 2.75) is 58.3 Å². The van der Waals surface area contributed by atoms with E-state index in [0.717, 1.165) is 25.7 Å². The van der Waals surface area contributed by atoms with Gasteiger partial charge in [-0.1, -0.05) is 19.8 Å². The van der Waals surface area contributed by atoms with Gasteiger partial charge in [-0.25, -0.2) is 0 Å².